The van der Waals surface area contributed by atoms with Gasteiger partial charge in [-0.15, -0.1) is 24.0 Å². The van der Waals surface area contributed by atoms with Gasteiger partial charge in [-0.3, -0.25) is 4.99 Å². The van der Waals surface area contributed by atoms with Crippen LogP contribution in [0.4, 0.5) is 0 Å². The number of methoxy groups -OCH3 is 2. The Labute approximate surface area is 194 Å². The summed E-state index contributed by atoms with van der Waals surface area (Å²) in [6.07, 6.45) is 0.966. The molecule has 3 aromatic rings. The molecule has 0 saturated carbocycles. The molecule has 0 bridgehead atoms. The maximum absolute atomic E-state index is 5.45. The molecule has 162 valence electrons. The van der Waals surface area contributed by atoms with Crippen molar-refractivity contribution in [1.82, 2.24) is 20.2 Å². The first-order valence-electron chi connectivity index (χ1n) is 9.73. The van der Waals surface area contributed by atoms with E-state index in [1.807, 2.05) is 24.3 Å². The first kappa shape index (κ1) is 23.8. The second-order valence-corrected chi connectivity index (χ2v) is 6.68. The number of para-hydroxylation sites is 2. The lowest BCUT2D eigenvalue weighted by molar-refractivity contribution is 0.390. The van der Waals surface area contributed by atoms with Gasteiger partial charge in [0.25, 0.3) is 0 Å². The molecule has 0 saturated heterocycles. The third-order valence-corrected chi connectivity index (χ3v) is 4.86. The lowest BCUT2D eigenvalue weighted by atomic mass is 10.2. The van der Waals surface area contributed by atoms with Crippen molar-refractivity contribution in [2.45, 2.75) is 26.4 Å². The van der Waals surface area contributed by atoms with Crippen LogP contribution in [0.15, 0.2) is 47.5 Å². The molecule has 0 fully saturated rings. The van der Waals surface area contributed by atoms with Gasteiger partial charge in [-0.25, -0.2) is 4.98 Å². The predicted molar refractivity (Wildman–Crippen MR) is 132 cm³/mol. The average molecular weight is 523 g/mol. The van der Waals surface area contributed by atoms with E-state index in [2.05, 4.69) is 50.3 Å². The minimum atomic E-state index is 0. The van der Waals surface area contributed by atoms with E-state index in [9.17, 15) is 0 Å². The van der Waals surface area contributed by atoms with Crippen molar-refractivity contribution in [3.63, 3.8) is 0 Å². The minimum absolute atomic E-state index is 0. The molecule has 1 aromatic heterocycles. The predicted octanol–water partition coefficient (Wildman–Crippen LogP) is 3.74. The molecule has 0 aliphatic carbocycles. The number of ether oxygens (including phenoxy) is 2. The Morgan fingerprint density at radius 3 is 2.63 bits per heavy atom. The molecule has 2 aromatic carbocycles. The van der Waals surface area contributed by atoms with Crippen LogP contribution >= 0.6 is 24.0 Å². The average Bonchev–Trinajstić information content (AvgIpc) is 3.08. The molecule has 8 heteroatoms. The zero-order valence-electron chi connectivity index (χ0n) is 17.9. The van der Waals surface area contributed by atoms with E-state index in [1.165, 1.54) is 5.52 Å². The summed E-state index contributed by atoms with van der Waals surface area (Å²) < 4.78 is 13.0. The highest BCUT2D eigenvalue weighted by Crippen LogP contribution is 2.24. The molecule has 0 amide bonds. The van der Waals surface area contributed by atoms with Crippen LogP contribution in [-0.2, 0) is 13.1 Å². The summed E-state index contributed by atoms with van der Waals surface area (Å²) in [5, 5.41) is 6.70. The van der Waals surface area contributed by atoms with Crippen LogP contribution in [0.2, 0.25) is 0 Å². The Kier molecular flexibility index (Phi) is 9.22. The van der Waals surface area contributed by atoms with Gasteiger partial charge in [0.05, 0.1) is 25.3 Å². The largest absolute Gasteiger partial charge is 0.497 e. The van der Waals surface area contributed by atoms with E-state index < -0.39 is 0 Å². The van der Waals surface area contributed by atoms with Crippen molar-refractivity contribution < 1.29 is 9.47 Å². The van der Waals surface area contributed by atoms with Crippen molar-refractivity contribution >= 4 is 41.0 Å². The Balaban J connectivity index is 0.00000320. The topological polar surface area (TPSA) is 72.7 Å². The van der Waals surface area contributed by atoms with E-state index in [-0.39, 0.29) is 24.0 Å². The second-order valence-electron chi connectivity index (χ2n) is 6.68. The van der Waals surface area contributed by atoms with Crippen LogP contribution in [-0.4, -0.2) is 43.3 Å². The Hall–Kier alpha value is -2.49. The maximum Gasteiger partial charge on any atom is 0.191 e. The minimum Gasteiger partial charge on any atom is -0.497 e. The zero-order valence-corrected chi connectivity index (χ0v) is 20.3. The smallest absolute Gasteiger partial charge is 0.191 e. The van der Waals surface area contributed by atoms with Crippen LogP contribution < -0.4 is 20.1 Å². The normalized spacial score (nSPS) is 11.1. The molecule has 0 radical (unpaired) electrons. The van der Waals surface area contributed by atoms with Crippen molar-refractivity contribution in [3.8, 4) is 11.5 Å². The van der Waals surface area contributed by atoms with E-state index in [0.29, 0.717) is 6.54 Å². The Morgan fingerprint density at radius 2 is 1.90 bits per heavy atom. The molecule has 0 aliphatic heterocycles. The number of aliphatic imine (C=N–C) groups is 1. The fourth-order valence-electron chi connectivity index (χ4n) is 3.32. The number of guanidine groups is 1. The number of hydrogen-bond acceptors (Lipinski definition) is 4. The zero-order chi connectivity index (χ0) is 20.6. The highest BCUT2D eigenvalue weighted by atomic mass is 127. The molecule has 0 aliphatic rings. The highest BCUT2D eigenvalue weighted by molar-refractivity contribution is 14.0. The van der Waals surface area contributed by atoms with Gasteiger partial charge in [0, 0.05) is 38.3 Å². The monoisotopic (exact) mass is 523 g/mol. The Morgan fingerprint density at radius 1 is 1.10 bits per heavy atom. The summed E-state index contributed by atoms with van der Waals surface area (Å²) >= 11 is 0. The molecule has 2 N–H and O–H groups in total. The molecule has 0 atom stereocenters. The quantitative estimate of drug-likeness (QED) is 0.204. The van der Waals surface area contributed by atoms with Gasteiger partial charge in [-0.1, -0.05) is 12.1 Å². The summed E-state index contributed by atoms with van der Waals surface area (Å²) in [7, 11) is 5.08. The fourth-order valence-corrected chi connectivity index (χ4v) is 3.32. The fraction of sp³-hybridized carbons (Fsp3) is 0.364. The van der Waals surface area contributed by atoms with Crippen molar-refractivity contribution in [3.05, 3.63) is 53.9 Å². The third-order valence-electron chi connectivity index (χ3n) is 4.86. The summed E-state index contributed by atoms with van der Waals surface area (Å²) in [5.41, 5.74) is 3.26. The van der Waals surface area contributed by atoms with E-state index in [0.717, 1.165) is 53.9 Å². The number of imidazole rings is 1. The second kappa shape index (κ2) is 11.6. The van der Waals surface area contributed by atoms with Crippen LogP contribution in [0, 0.1) is 6.92 Å². The summed E-state index contributed by atoms with van der Waals surface area (Å²) in [5.74, 6) is 3.36. The number of rotatable bonds is 8. The first-order chi connectivity index (χ1) is 14.2. The summed E-state index contributed by atoms with van der Waals surface area (Å²) in [6, 6.07) is 14.0. The van der Waals surface area contributed by atoms with Gasteiger partial charge in [0.1, 0.15) is 17.3 Å². The molecule has 1 heterocycles. The molecular formula is C22H30IN5O2. The van der Waals surface area contributed by atoms with E-state index >= 15 is 0 Å². The summed E-state index contributed by atoms with van der Waals surface area (Å²) in [6.45, 7) is 4.38. The van der Waals surface area contributed by atoms with Crippen molar-refractivity contribution in [1.29, 1.82) is 0 Å². The van der Waals surface area contributed by atoms with E-state index in [1.54, 1.807) is 21.3 Å². The number of fused-ring (bicyclic) bond motifs is 1. The molecule has 3 rings (SSSR count). The number of halogens is 1. The number of nitrogens with one attached hydrogen (secondary N) is 2. The van der Waals surface area contributed by atoms with Crippen LogP contribution in [0.3, 0.4) is 0 Å². The number of nitrogens with zero attached hydrogens (tertiary/aromatic N) is 3. The lowest BCUT2D eigenvalue weighted by Crippen LogP contribution is -2.37. The van der Waals surface area contributed by atoms with Gasteiger partial charge in [0.15, 0.2) is 5.96 Å². The first-order valence-corrected chi connectivity index (χ1v) is 9.73. The molecule has 7 nitrogen and oxygen atoms in total. The molecule has 0 spiro atoms. The van der Waals surface area contributed by atoms with Crippen LogP contribution in [0.25, 0.3) is 11.0 Å². The number of aryl methyl sites for hydroxylation is 2. The number of aromatic nitrogens is 2. The third kappa shape index (κ3) is 5.78. The van der Waals surface area contributed by atoms with Crippen LogP contribution in [0.5, 0.6) is 11.5 Å². The maximum atomic E-state index is 5.45. The number of hydrogen-bond donors (Lipinski definition) is 2. The Bertz CT molecular complexity index is 987. The lowest BCUT2D eigenvalue weighted by Gasteiger charge is -2.15. The summed E-state index contributed by atoms with van der Waals surface area (Å²) in [4.78, 5) is 8.92. The highest BCUT2D eigenvalue weighted by Gasteiger charge is 2.08. The van der Waals surface area contributed by atoms with E-state index in [4.69, 9.17) is 9.47 Å². The molecule has 0 unspecified atom stereocenters. The SMILES string of the molecule is CN=C(NCCCn1c(C)nc2ccccc21)NCc1ccc(OC)cc1OC.I. The van der Waals surface area contributed by atoms with Gasteiger partial charge in [0.2, 0.25) is 0 Å². The van der Waals surface area contributed by atoms with Crippen molar-refractivity contribution in [2.75, 3.05) is 27.8 Å². The molecule has 30 heavy (non-hydrogen) atoms. The van der Waals surface area contributed by atoms with Gasteiger partial charge >= 0.3 is 0 Å². The van der Waals surface area contributed by atoms with Crippen LogP contribution in [0.1, 0.15) is 17.8 Å². The molecular weight excluding hydrogens is 493 g/mol. The van der Waals surface area contributed by atoms with Gasteiger partial charge in [-0.2, -0.15) is 0 Å². The number of benzene rings is 2. The van der Waals surface area contributed by atoms with Crippen molar-refractivity contribution in [2.24, 2.45) is 4.99 Å². The van der Waals surface area contributed by atoms with Gasteiger partial charge < -0.3 is 24.7 Å². The standard InChI is InChI=1S/C22H29N5O2.HI/c1-16-26-19-8-5-6-9-20(19)27(16)13-7-12-24-22(23-2)25-15-17-10-11-18(28-3)14-21(17)29-4;/h5-6,8-11,14H,7,12-13,15H2,1-4H3,(H2,23,24,25);1H. The van der Waals surface area contributed by atoms with Gasteiger partial charge in [-0.05, 0) is 37.6 Å².